The van der Waals surface area contributed by atoms with E-state index in [2.05, 4.69) is 0 Å². The van der Waals surface area contributed by atoms with Gasteiger partial charge in [-0.2, -0.15) is 0 Å². The van der Waals surface area contributed by atoms with E-state index in [1.54, 1.807) is 30.3 Å². The van der Waals surface area contributed by atoms with Crippen LogP contribution >= 0.6 is 0 Å². The zero-order chi connectivity index (χ0) is 12.1. The molecule has 0 aliphatic rings. The lowest BCUT2D eigenvalue weighted by Gasteiger charge is -2.18. The van der Waals surface area contributed by atoms with Gasteiger partial charge in [0.15, 0.2) is 0 Å². The highest BCUT2D eigenvalue weighted by molar-refractivity contribution is 6.37. The van der Waals surface area contributed by atoms with Crippen LogP contribution in [0.25, 0.3) is 0 Å². The van der Waals surface area contributed by atoms with Crippen molar-refractivity contribution in [3.05, 3.63) is 35.9 Å². The molecule has 0 radical (unpaired) electrons. The fourth-order valence-electron chi connectivity index (χ4n) is 1.28. The fraction of sp³-hybridized carbons (Fsp3) is 0.222. The molecule has 0 bridgehead atoms. The van der Waals surface area contributed by atoms with Crippen molar-refractivity contribution >= 4 is 13.2 Å². The van der Waals surface area contributed by atoms with Crippen LogP contribution in [-0.4, -0.2) is 39.5 Å². The van der Waals surface area contributed by atoms with E-state index in [0.29, 0.717) is 5.56 Å². The average Bonchev–Trinajstić information content (AvgIpc) is 2.26. The summed E-state index contributed by atoms with van der Waals surface area (Å²) < 4.78 is 13.1. The van der Waals surface area contributed by atoms with E-state index in [1.165, 1.54) is 0 Å². The van der Waals surface area contributed by atoms with Crippen molar-refractivity contribution in [3.63, 3.8) is 0 Å². The van der Waals surface area contributed by atoms with E-state index in [4.69, 9.17) is 15.2 Å². The minimum absolute atomic E-state index is 0.149. The second-order valence-corrected chi connectivity index (χ2v) is 3.23. The van der Waals surface area contributed by atoms with E-state index >= 15 is 0 Å². The third kappa shape index (κ3) is 3.30. The van der Waals surface area contributed by atoms with Crippen molar-refractivity contribution in [1.82, 2.24) is 5.03 Å². The van der Waals surface area contributed by atoms with Gasteiger partial charge >= 0.3 is 13.2 Å². The maximum atomic E-state index is 13.1. The van der Waals surface area contributed by atoms with Gasteiger partial charge in [-0.1, -0.05) is 30.3 Å². The van der Waals surface area contributed by atoms with Gasteiger partial charge in [-0.25, -0.2) is 0 Å². The first kappa shape index (κ1) is 12.6. The van der Waals surface area contributed by atoms with E-state index in [0.717, 1.165) is 0 Å². The molecule has 0 spiro atoms. The number of halogens is 1. The third-order valence-corrected chi connectivity index (χ3v) is 2.08. The van der Waals surface area contributed by atoms with Crippen molar-refractivity contribution in [3.8, 4) is 0 Å². The SMILES string of the molecule is O=C(O)C(Cc1ccccc1)N(F)B(O)O. The number of benzene rings is 1. The van der Waals surface area contributed by atoms with Crippen LogP contribution in [0.15, 0.2) is 30.3 Å². The van der Waals surface area contributed by atoms with Crippen molar-refractivity contribution in [2.45, 2.75) is 12.5 Å². The molecule has 1 unspecified atom stereocenters. The number of nitrogens with zero attached hydrogens (tertiary/aromatic N) is 1. The number of rotatable bonds is 5. The lowest BCUT2D eigenvalue weighted by molar-refractivity contribution is -0.147. The predicted octanol–water partition coefficient (Wildman–Crippen LogP) is -0.162. The van der Waals surface area contributed by atoms with Gasteiger partial charge in [0.25, 0.3) is 0 Å². The summed E-state index contributed by atoms with van der Waals surface area (Å²) in [6.45, 7) is 0. The molecule has 16 heavy (non-hydrogen) atoms. The molecule has 1 aromatic rings. The number of hydrogen-bond donors (Lipinski definition) is 3. The van der Waals surface area contributed by atoms with Gasteiger partial charge in [-0.05, 0) is 5.56 Å². The van der Waals surface area contributed by atoms with Gasteiger partial charge in [-0.3, -0.25) is 4.79 Å². The molecule has 0 aliphatic carbocycles. The van der Waals surface area contributed by atoms with E-state index < -0.39 is 24.3 Å². The van der Waals surface area contributed by atoms with Crippen LogP contribution in [0, 0.1) is 0 Å². The highest BCUT2D eigenvalue weighted by Crippen LogP contribution is 2.10. The Kier molecular flexibility index (Phi) is 4.42. The molecule has 1 rings (SSSR count). The largest absolute Gasteiger partial charge is 0.582 e. The first-order valence-electron chi connectivity index (χ1n) is 4.59. The van der Waals surface area contributed by atoms with Crippen molar-refractivity contribution in [2.75, 3.05) is 0 Å². The molecule has 0 amide bonds. The van der Waals surface area contributed by atoms with Crippen LogP contribution in [0.3, 0.4) is 0 Å². The van der Waals surface area contributed by atoms with Crippen LogP contribution in [-0.2, 0) is 11.2 Å². The second kappa shape index (κ2) is 5.59. The summed E-state index contributed by atoms with van der Waals surface area (Å²) >= 11 is 0. The Hall–Kier alpha value is -1.44. The summed E-state index contributed by atoms with van der Waals surface area (Å²) in [5.74, 6) is -1.46. The number of carboxylic acids is 1. The molecule has 0 aliphatic heterocycles. The van der Waals surface area contributed by atoms with Gasteiger partial charge < -0.3 is 15.2 Å². The molecule has 0 fully saturated rings. The Balaban J connectivity index is 2.77. The van der Waals surface area contributed by atoms with Crippen LogP contribution in [0.1, 0.15) is 5.56 Å². The van der Waals surface area contributed by atoms with Crippen LogP contribution < -0.4 is 0 Å². The predicted molar refractivity (Wildman–Crippen MR) is 54.7 cm³/mol. The molecule has 86 valence electrons. The molecule has 7 heteroatoms. The monoisotopic (exact) mass is 227 g/mol. The number of hydrogen-bond acceptors (Lipinski definition) is 4. The Morgan fingerprint density at radius 1 is 1.38 bits per heavy atom. The average molecular weight is 227 g/mol. The summed E-state index contributed by atoms with van der Waals surface area (Å²) in [5.41, 5.74) is 0.596. The first-order valence-corrected chi connectivity index (χ1v) is 4.59. The topological polar surface area (TPSA) is 81.0 Å². The van der Waals surface area contributed by atoms with Crippen LogP contribution in [0.2, 0.25) is 0 Å². The Morgan fingerprint density at radius 2 is 1.94 bits per heavy atom. The molecular formula is C9H11BFNO4. The second-order valence-electron chi connectivity index (χ2n) is 3.23. The van der Waals surface area contributed by atoms with E-state index in [-0.39, 0.29) is 6.42 Å². The van der Waals surface area contributed by atoms with Crippen LogP contribution in [0.5, 0.6) is 0 Å². The molecule has 0 aromatic heterocycles. The van der Waals surface area contributed by atoms with Crippen molar-refractivity contribution < 1.29 is 24.4 Å². The Labute approximate surface area is 91.8 Å². The quantitative estimate of drug-likeness (QED) is 0.481. The Bertz CT molecular complexity index is 349. The summed E-state index contributed by atoms with van der Waals surface area (Å²) in [6.07, 6.45) is -0.149. The van der Waals surface area contributed by atoms with Crippen LogP contribution in [0.4, 0.5) is 4.48 Å². The minimum Gasteiger partial charge on any atom is -0.480 e. The maximum Gasteiger partial charge on any atom is 0.582 e. The lowest BCUT2D eigenvalue weighted by atomic mass is 10.0. The highest BCUT2D eigenvalue weighted by atomic mass is 19.2. The number of carbonyl (C=O) groups is 1. The molecule has 0 saturated carbocycles. The molecule has 0 saturated heterocycles. The Morgan fingerprint density at radius 3 is 2.38 bits per heavy atom. The van der Waals surface area contributed by atoms with Gasteiger partial charge in [0.1, 0.15) is 6.04 Å². The van der Waals surface area contributed by atoms with Gasteiger partial charge in [0, 0.05) is 6.42 Å². The van der Waals surface area contributed by atoms with Gasteiger partial charge in [-0.15, -0.1) is 9.51 Å². The molecule has 5 nitrogen and oxygen atoms in total. The highest BCUT2D eigenvalue weighted by Gasteiger charge is 2.34. The van der Waals surface area contributed by atoms with Gasteiger partial charge in [0.2, 0.25) is 0 Å². The van der Waals surface area contributed by atoms with Gasteiger partial charge in [0.05, 0.1) is 0 Å². The molecule has 1 atom stereocenters. The number of carboxylic acid groups (broad SMARTS) is 1. The normalized spacial score (nSPS) is 12.5. The lowest BCUT2D eigenvalue weighted by Crippen LogP contribution is -2.46. The smallest absolute Gasteiger partial charge is 0.480 e. The fourth-order valence-corrected chi connectivity index (χ4v) is 1.28. The summed E-state index contributed by atoms with van der Waals surface area (Å²) in [7, 11) is -2.44. The zero-order valence-electron chi connectivity index (χ0n) is 8.32. The molecule has 1 aromatic carbocycles. The molecular weight excluding hydrogens is 216 g/mol. The minimum atomic E-state index is -2.44. The first-order chi connectivity index (χ1) is 7.52. The van der Waals surface area contributed by atoms with Crippen molar-refractivity contribution in [2.24, 2.45) is 0 Å². The summed E-state index contributed by atoms with van der Waals surface area (Å²) in [6, 6.07) is 6.76. The van der Waals surface area contributed by atoms with E-state index in [9.17, 15) is 9.28 Å². The maximum absolute atomic E-state index is 13.1. The summed E-state index contributed by atoms with van der Waals surface area (Å²) in [4.78, 5) is 10.7. The van der Waals surface area contributed by atoms with Crippen molar-refractivity contribution in [1.29, 1.82) is 0 Å². The van der Waals surface area contributed by atoms with E-state index in [1.807, 2.05) is 0 Å². The molecule has 3 N–H and O–H groups in total. The zero-order valence-corrected chi connectivity index (χ0v) is 8.32. The third-order valence-electron chi connectivity index (χ3n) is 2.08. The standard InChI is InChI=1S/C9H11BFNO4/c11-12(10(15)16)8(9(13)14)6-7-4-2-1-3-5-7/h1-5,8,15-16H,6H2,(H,13,14). The number of aliphatic carboxylic acids is 1. The molecule has 0 heterocycles. The summed E-state index contributed by atoms with van der Waals surface area (Å²) in [5, 5.41) is 25.4.